The van der Waals surface area contributed by atoms with Gasteiger partial charge in [-0.25, -0.2) is 18.7 Å². The summed E-state index contributed by atoms with van der Waals surface area (Å²) in [5.74, 6) is 0.294. The maximum absolute atomic E-state index is 13.5. The number of anilines is 2. The Labute approximate surface area is 120 Å². The van der Waals surface area contributed by atoms with Crippen LogP contribution in [0.25, 0.3) is 0 Å². The molecule has 0 fully saturated rings. The van der Waals surface area contributed by atoms with Crippen LogP contribution in [0.1, 0.15) is 5.56 Å². The van der Waals surface area contributed by atoms with Crippen LogP contribution < -0.4 is 10.6 Å². The molecule has 0 bridgehead atoms. The summed E-state index contributed by atoms with van der Waals surface area (Å²) in [6, 6.07) is 5.07. The van der Waals surface area contributed by atoms with Gasteiger partial charge in [0.1, 0.15) is 23.3 Å². The summed E-state index contributed by atoms with van der Waals surface area (Å²) in [7, 11) is 1.75. The number of nitrogens with zero attached hydrogens (tertiary/aromatic N) is 2. The third-order valence-corrected chi connectivity index (χ3v) is 3.16. The summed E-state index contributed by atoms with van der Waals surface area (Å²) >= 11 is 1.40. The summed E-state index contributed by atoms with van der Waals surface area (Å²) in [5, 5.41) is 6.49. The molecule has 1 aromatic carbocycles. The monoisotopic (exact) mass is 296 g/mol. The molecule has 0 saturated heterocycles. The van der Waals surface area contributed by atoms with Crippen LogP contribution in [0.15, 0.2) is 29.4 Å². The fourth-order valence-electron chi connectivity index (χ4n) is 1.60. The van der Waals surface area contributed by atoms with Gasteiger partial charge in [0.05, 0.1) is 0 Å². The standard InChI is InChI=1S/C13H14F2N4S/c1-16-11-6-12(19-13(18-11)20-2)17-7-8-5-9(14)3-4-10(8)15/h3-6H,7H2,1-2H3,(H2,16,17,18,19). The Hall–Kier alpha value is -1.89. The number of thioether (sulfide) groups is 1. The van der Waals surface area contributed by atoms with Crippen molar-refractivity contribution in [2.75, 3.05) is 23.9 Å². The van der Waals surface area contributed by atoms with Crippen molar-refractivity contribution < 1.29 is 8.78 Å². The van der Waals surface area contributed by atoms with Gasteiger partial charge in [-0.15, -0.1) is 0 Å². The van der Waals surface area contributed by atoms with Gasteiger partial charge in [0.25, 0.3) is 0 Å². The fourth-order valence-corrected chi connectivity index (χ4v) is 1.98. The summed E-state index contributed by atoms with van der Waals surface area (Å²) in [6.45, 7) is 0.150. The second-order valence-electron chi connectivity index (χ2n) is 3.96. The molecule has 0 aliphatic rings. The highest BCUT2D eigenvalue weighted by Gasteiger charge is 2.06. The third kappa shape index (κ3) is 3.57. The smallest absolute Gasteiger partial charge is 0.191 e. The molecule has 0 aliphatic carbocycles. The zero-order chi connectivity index (χ0) is 14.5. The molecule has 1 aromatic heterocycles. The molecule has 20 heavy (non-hydrogen) atoms. The Kier molecular flexibility index (Phi) is 4.73. The lowest BCUT2D eigenvalue weighted by Gasteiger charge is -2.09. The zero-order valence-electron chi connectivity index (χ0n) is 11.1. The molecule has 2 rings (SSSR count). The first kappa shape index (κ1) is 14.5. The van der Waals surface area contributed by atoms with Crippen molar-refractivity contribution in [1.29, 1.82) is 0 Å². The Balaban J connectivity index is 2.16. The molecule has 7 heteroatoms. The molecule has 1 heterocycles. The first-order chi connectivity index (χ1) is 9.62. The molecular formula is C13H14F2N4S. The number of halogens is 2. The SMILES string of the molecule is CNc1cc(NCc2cc(F)ccc2F)nc(SC)n1. The number of aromatic nitrogens is 2. The van der Waals surface area contributed by atoms with Gasteiger partial charge >= 0.3 is 0 Å². The second-order valence-corrected chi connectivity index (χ2v) is 4.74. The second kappa shape index (κ2) is 6.51. The lowest BCUT2D eigenvalue weighted by Crippen LogP contribution is -2.06. The average Bonchev–Trinajstić information content (AvgIpc) is 2.47. The largest absolute Gasteiger partial charge is 0.373 e. The maximum Gasteiger partial charge on any atom is 0.191 e. The van der Waals surface area contributed by atoms with E-state index in [-0.39, 0.29) is 12.1 Å². The van der Waals surface area contributed by atoms with Crippen LogP contribution in [0.5, 0.6) is 0 Å². The number of nitrogens with one attached hydrogen (secondary N) is 2. The number of hydrogen-bond donors (Lipinski definition) is 2. The van der Waals surface area contributed by atoms with E-state index in [2.05, 4.69) is 20.6 Å². The number of rotatable bonds is 5. The minimum absolute atomic E-state index is 0.150. The van der Waals surface area contributed by atoms with E-state index >= 15 is 0 Å². The molecule has 0 radical (unpaired) electrons. The van der Waals surface area contributed by atoms with E-state index in [1.807, 2.05) is 6.26 Å². The van der Waals surface area contributed by atoms with E-state index in [9.17, 15) is 8.78 Å². The number of benzene rings is 1. The minimum atomic E-state index is -0.466. The number of hydrogen-bond acceptors (Lipinski definition) is 5. The lowest BCUT2D eigenvalue weighted by molar-refractivity contribution is 0.587. The quantitative estimate of drug-likeness (QED) is 0.656. The van der Waals surface area contributed by atoms with Crippen LogP contribution in [-0.2, 0) is 6.54 Å². The van der Waals surface area contributed by atoms with E-state index in [1.54, 1.807) is 13.1 Å². The molecule has 106 valence electrons. The minimum Gasteiger partial charge on any atom is -0.373 e. The predicted octanol–water partition coefficient (Wildman–Crippen LogP) is 3.13. The first-order valence-electron chi connectivity index (χ1n) is 5.91. The summed E-state index contributed by atoms with van der Waals surface area (Å²) in [4.78, 5) is 8.48. The van der Waals surface area contributed by atoms with Crippen LogP contribution in [0, 0.1) is 11.6 Å². The third-order valence-electron chi connectivity index (χ3n) is 2.61. The first-order valence-corrected chi connectivity index (χ1v) is 7.13. The van der Waals surface area contributed by atoms with Gasteiger partial charge in [0.2, 0.25) is 0 Å². The van der Waals surface area contributed by atoms with Crippen molar-refractivity contribution in [2.24, 2.45) is 0 Å². The summed E-state index contributed by atoms with van der Waals surface area (Å²) < 4.78 is 26.6. The Morgan fingerprint density at radius 3 is 2.60 bits per heavy atom. The predicted molar refractivity (Wildman–Crippen MR) is 77.0 cm³/mol. The summed E-state index contributed by atoms with van der Waals surface area (Å²) in [5.41, 5.74) is 0.250. The Morgan fingerprint density at radius 1 is 1.15 bits per heavy atom. The van der Waals surface area contributed by atoms with Gasteiger partial charge in [-0.05, 0) is 24.5 Å². The zero-order valence-corrected chi connectivity index (χ0v) is 11.9. The maximum atomic E-state index is 13.5. The molecule has 0 spiro atoms. The van der Waals surface area contributed by atoms with Crippen LogP contribution >= 0.6 is 11.8 Å². The van der Waals surface area contributed by atoms with Gasteiger partial charge in [0, 0.05) is 25.2 Å². The van der Waals surface area contributed by atoms with E-state index < -0.39 is 11.6 Å². The van der Waals surface area contributed by atoms with Crippen molar-refractivity contribution >= 4 is 23.4 Å². The highest BCUT2D eigenvalue weighted by atomic mass is 32.2. The van der Waals surface area contributed by atoms with Crippen molar-refractivity contribution in [3.05, 3.63) is 41.5 Å². The lowest BCUT2D eigenvalue weighted by atomic mass is 10.2. The van der Waals surface area contributed by atoms with Gasteiger partial charge < -0.3 is 10.6 Å². The molecule has 0 atom stereocenters. The highest BCUT2D eigenvalue weighted by molar-refractivity contribution is 7.98. The van der Waals surface area contributed by atoms with E-state index in [0.717, 1.165) is 18.2 Å². The average molecular weight is 296 g/mol. The summed E-state index contributed by atoms with van der Waals surface area (Å²) in [6.07, 6.45) is 1.87. The van der Waals surface area contributed by atoms with Crippen molar-refractivity contribution in [2.45, 2.75) is 11.7 Å². The van der Waals surface area contributed by atoms with Crippen LogP contribution in [0.4, 0.5) is 20.4 Å². The van der Waals surface area contributed by atoms with Crippen molar-refractivity contribution in [1.82, 2.24) is 9.97 Å². The van der Waals surface area contributed by atoms with Crippen LogP contribution in [-0.4, -0.2) is 23.3 Å². The normalized spacial score (nSPS) is 10.4. The van der Waals surface area contributed by atoms with Gasteiger partial charge in [0.15, 0.2) is 5.16 Å². The van der Waals surface area contributed by atoms with Crippen molar-refractivity contribution in [3.63, 3.8) is 0 Å². The molecule has 0 saturated carbocycles. The highest BCUT2D eigenvalue weighted by Crippen LogP contribution is 2.18. The van der Waals surface area contributed by atoms with Crippen LogP contribution in [0.2, 0.25) is 0 Å². The molecular weight excluding hydrogens is 282 g/mol. The van der Waals surface area contributed by atoms with Gasteiger partial charge in [-0.3, -0.25) is 0 Å². The van der Waals surface area contributed by atoms with Crippen molar-refractivity contribution in [3.8, 4) is 0 Å². The molecule has 0 unspecified atom stereocenters. The van der Waals surface area contributed by atoms with E-state index in [1.165, 1.54) is 11.8 Å². The molecule has 2 N–H and O–H groups in total. The molecule has 2 aromatic rings. The fraction of sp³-hybridized carbons (Fsp3) is 0.231. The Bertz CT molecular complexity index is 585. The van der Waals surface area contributed by atoms with Crippen LogP contribution in [0.3, 0.4) is 0 Å². The topological polar surface area (TPSA) is 49.8 Å². The Morgan fingerprint density at radius 2 is 1.90 bits per heavy atom. The van der Waals surface area contributed by atoms with E-state index in [0.29, 0.717) is 16.8 Å². The van der Waals surface area contributed by atoms with E-state index in [4.69, 9.17) is 0 Å². The van der Waals surface area contributed by atoms with Gasteiger partial charge in [-0.1, -0.05) is 11.8 Å². The molecule has 4 nitrogen and oxygen atoms in total. The van der Waals surface area contributed by atoms with Gasteiger partial charge in [-0.2, -0.15) is 0 Å². The molecule has 0 aliphatic heterocycles. The molecule has 0 amide bonds.